The van der Waals surface area contributed by atoms with Crippen LogP contribution in [-0.4, -0.2) is 37.2 Å². The first kappa shape index (κ1) is 64.5. The van der Waals surface area contributed by atoms with Crippen LogP contribution in [0.25, 0.3) is 0 Å². The number of ether oxygens (including phenoxy) is 3. The van der Waals surface area contributed by atoms with Crippen LogP contribution in [0.2, 0.25) is 0 Å². The number of allylic oxidation sites excluding steroid dienone is 22. The Bertz CT molecular complexity index is 1510. The minimum Gasteiger partial charge on any atom is -0.462 e. The number of esters is 3. The zero-order valence-electron chi connectivity index (χ0n) is 44.3. The number of hydrogen-bond donors (Lipinski definition) is 0. The third kappa shape index (κ3) is 54.4. The molecule has 0 aromatic heterocycles. The molecule has 6 nitrogen and oxygen atoms in total. The smallest absolute Gasteiger partial charge is 0.306 e. The largest absolute Gasteiger partial charge is 0.462 e. The zero-order valence-corrected chi connectivity index (χ0v) is 44.3. The predicted molar refractivity (Wildman–Crippen MR) is 297 cm³/mol. The molecule has 0 fully saturated rings. The Labute approximate surface area is 424 Å². The van der Waals surface area contributed by atoms with Gasteiger partial charge in [0.25, 0.3) is 0 Å². The molecule has 6 heteroatoms. The van der Waals surface area contributed by atoms with Crippen molar-refractivity contribution < 1.29 is 28.6 Å². The van der Waals surface area contributed by atoms with Gasteiger partial charge in [0.15, 0.2) is 6.10 Å². The first-order valence-electron chi connectivity index (χ1n) is 27.7. The molecule has 1 atom stereocenters. The molecular weight excluding hydrogens is 853 g/mol. The maximum Gasteiger partial charge on any atom is 0.306 e. The van der Waals surface area contributed by atoms with Crippen LogP contribution < -0.4 is 0 Å². The Balaban J connectivity index is 4.54. The molecule has 0 amide bonds. The molecule has 0 saturated carbocycles. The normalized spacial score (nSPS) is 13.1. The molecule has 0 rings (SSSR count). The first-order valence-corrected chi connectivity index (χ1v) is 27.7. The quantitative estimate of drug-likeness (QED) is 0.0262. The summed E-state index contributed by atoms with van der Waals surface area (Å²) < 4.78 is 16.8. The maximum absolute atomic E-state index is 12.8. The van der Waals surface area contributed by atoms with Gasteiger partial charge in [0, 0.05) is 19.3 Å². The van der Waals surface area contributed by atoms with Crippen molar-refractivity contribution in [2.75, 3.05) is 13.2 Å². The van der Waals surface area contributed by atoms with Crippen LogP contribution in [0, 0.1) is 0 Å². The van der Waals surface area contributed by atoms with Gasteiger partial charge in [-0.2, -0.15) is 0 Å². The van der Waals surface area contributed by atoms with Crippen molar-refractivity contribution in [2.24, 2.45) is 0 Å². The molecule has 0 aliphatic carbocycles. The highest BCUT2D eigenvalue weighted by Crippen LogP contribution is 2.12. The van der Waals surface area contributed by atoms with Crippen LogP contribution in [0.4, 0.5) is 0 Å². The van der Waals surface area contributed by atoms with Crippen LogP contribution in [0.15, 0.2) is 134 Å². The zero-order chi connectivity index (χ0) is 50.0. The highest BCUT2D eigenvalue weighted by molar-refractivity contribution is 5.71. The summed E-state index contributed by atoms with van der Waals surface area (Å²) in [6.07, 6.45) is 78.6. The van der Waals surface area contributed by atoms with Gasteiger partial charge >= 0.3 is 17.9 Å². The standard InChI is InChI=1S/C63H100O6/c1-4-7-10-13-16-19-22-25-28-30-31-33-35-38-41-44-47-50-53-56-62(65)68-59-60(58-67-61(64)55-52-49-46-43-40-37-34-27-24-21-18-15-12-9-6-3)69-63(66)57-54-51-48-45-42-39-36-32-29-26-23-20-17-14-11-8-5-2/h7,9-10,12,16-21,25-29,31,33-34,36,38-39,41,60H,4-6,8,11,13-15,22-24,30,32,35,37,40,42-59H2,1-3H3/b10-7-,12-9-,19-16-,20-17-,21-18-,28-25-,29-26-,33-31-,34-27-,39-36-,41-38-/t60-/m1/s1. The van der Waals surface area contributed by atoms with Crippen molar-refractivity contribution in [1.82, 2.24) is 0 Å². The predicted octanol–water partition coefficient (Wildman–Crippen LogP) is 18.6. The molecule has 0 N–H and O–H groups in total. The average molecular weight is 953 g/mol. The molecule has 0 aliphatic rings. The lowest BCUT2D eigenvalue weighted by atomic mass is 10.1. The van der Waals surface area contributed by atoms with E-state index in [0.717, 1.165) is 161 Å². The topological polar surface area (TPSA) is 78.9 Å². The van der Waals surface area contributed by atoms with Crippen LogP contribution in [-0.2, 0) is 28.6 Å². The fraction of sp³-hybridized carbons (Fsp3) is 0.603. The Morgan fingerprint density at radius 1 is 0.304 bits per heavy atom. The van der Waals surface area contributed by atoms with Gasteiger partial charge in [0.05, 0.1) is 0 Å². The van der Waals surface area contributed by atoms with Crippen molar-refractivity contribution in [2.45, 2.75) is 232 Å². The molecule has 0 unspecified atom stereocenters. The lowest BCUT2D eigenvalue weighted by Gasteiger charge is -2.18. The number of hydrogen-bond acceptors (Lipinski definition) is 6. The number of carbonyl (C=O) groups is 3. The van der Waals surface area contributed by atoms with E-state index in [1.807, 2.05) is 0 Å². The lowest BCUT2D eigenvalue weighted by Crippen LogP contribution is -2.30. The summed E-state index contributed by atoms with van der Waals surface area (Å²) in [5.41, 5.74) is 0. The van der Waals surface area contributed by atoms with Gasteiger partial charge < -0.3 is 14.2 Å². The van der Waals surface area contributed by atoms with Crippen molar-refractivity contribution in [3.05, 3.63) is 134 Å². The van der Waals surface area contributed by atoms with E-state index in [0.29, 0.717) is 12.8 Å². The van der Waals surface area contributed by atoms with Gasteiger partial charge in [-0.1, -0.05) is 206 Å². The average Bonchev–Trinajstić information content (AvgIpc) is 3.35. The second kappa shape index (κ2) is 56.1. The molecule has 0 aromatic rings. The molecule has 0 spiro atoms. The molecule has 69 heavy (non-hydrogen) atoms. The van der Waals surface area contributed by atoms with Crippen molar-refractivity contribution in [1.29, 1.82) is 0 Å². The van der Waals surface area contributed by atoms with Gasteiger partial charge in [0.1, 0.15) is 13.2 Å². The van der Waals surface area contributed by atoms with Gasteiger partial charge in [-0.15, -0.1) is 0 Å². The van der Waals surface area contributed by atoms with E-state index in [1.165, 1.54) is 25.7 Å². The molecule has 0 aromatic carbocycles. The molecule has 0 bridgehead atoms. The summed E-state index contributed by atoms with van der Waals surface area (Å²) in [5, 5.41) is 0. The lowest BCUT2D eigenvalue weighted by molar-refractivity contribution is -0.167. The van der Waals surface area contributed by atoms with Gasteiger partial charge in [-0.25, -0.2) is 0 Å². The van der Waals surface area contributed by atoms with E-state index < -0.39 is 6.10 Å². The Kier molecular flexibility index (Phi) is 52.5. The Morgan fingerprint density at radius 2 is 0.565 bits per heavy atom. The first-order chi connectivity index (χ1) is 34.0. The minimum atomic E-state index is -0.817. The van der Waals surface area contributed by atoms with Crippen LogP contribution in [0.5, 0.6) is 0 Å². The number of carbonyl (C=O) groups excluding carboxylic acids is 3. The summed E-state index contributed by atoms with van der Waals surface area (Å²) in [6.45, 7) is 6.31. The molecule has 0 saturated heterocycles. The highest BCUT2D eigenvalue weighted by Gasteiger charge is 2.19. The Hall–Kier alpha value is -4.45. The third-order valence-electron chi connectivity index (χ3n) is 11.1. The maximum atomic E-state index is 12.8. The van der Waals surface area contributed by atoms with Crippen molar-refractivity contribution in [3.8, 4) is 0 Å². The fourth-order valence-electron chi connectivity index (χ4n) is 7.02. The summed E-state index contributed by atoms with van der Waals surface area (Å²) in [4.78, 5) is 38.1. The van der Waals surface area contributed by atoms with Crippen molar-refractivity contribution in [3.63, 3.8) is 0 Å². The number of unbranched alkanes of at least 4 members (excludes halogenated alkanes) is 15. The SMILES string of the molecule is CC/C=C\C/C=C\C/C=C\C/C=C\C/C=C\CCCCCC(=O)OC[C@@H](COC(=O)CCCCCCC/C=C\C/C=C\C/C=C\CC)OC(=O)CCCCCC/C=C\C/C=C\C/C=C\CCCCC. The molecule has 0 heterocycles. The van der Waals surface area contributed by atoms with Crippen LogP contribution >= 0.6 is 0 Å². The Morgan fingerprint density at radius 3 is 0.899 bits per heavy atom. The molecule has 0 aliphatic heterocycles. The molecule has 0 radical (unpaired) electrons. The van der Waals surface area contributed by atoms with Crippen LogP contribution in [0.1, 0.15) is 226 Å². The van der Waals surface area contributed by atoms with Gasteiger partial charge in [-0.05, 0) is 135 Å². The van der Waals surface area contributed by atoms with E-state index in [-0.39, 0.29) is 37.5 Å². The van der Waals surface area contributed by atoms with Crippen molar-refractivity contribution >= 4 is 17.9 Å². The second-order valence-electron chi connectivity index (χ2n) is 17.7. The van der Waals surface area contributed by atoms with E-state index >= 15 is 0 Å². The summed E-state index contributed by atoms with van der Waals surface area (Å²) in [6, 6.07) is 0. The summed E-state index contributed by atoms with van der Waals surface area (Å²) in [7, 11) is 0. The van der Waals surface area contributed by atoms with E-state index in [1.54, 1.807) is 0 Å². The van der Waals surface area contributed by atoms with E-state index in [9.17, 15) is 14.4 Å². The number of rotatable bonds is 48. The molecular formula is C63H100O6. The van der Waals surface area contributed by atoms with E-state index in [2.05, 4.69) is 154 Å². The summed E-state index contributed by atoms with van der Waals surface area (Å²) in [5.74, 6) is -0.988. The van der Waals surface area contributed by atoms with Crippen LogP contribution in [0.3, 0.4) is 0 Å². The fourth-order valence-corrected chi connectivity index (χ4v) is 7.02. The summed E-state index contributed by atoms with van der Waals surface area (Å²) >= 11 is 0. The molecule has 388 valence electrons. The third-order valence-corrected chi connectivity index (χ3v) is 11.1. The van der Waals surface area contributed by atoms with Gasteiger partial charge in [-0.3, -0.25) is 14.4 Å². The highest BCUT2D eigenvalue weighted by atomic mass is 16.6. The second-order valence-corrected chi connectivity index (χ2v) is 17.7. The monoisotopic (exact) mass is 953 g/mol. The van der Waals surface area contributed by atoms with Gasteiger partial charge in [0.2, 0.25) is 0 Å². The van der Waals surface area contributed by atoms with E-state index in [4.69, 9.17) is 14.2 Å². The minimum absolute atomic E-state index is 0.112.